The second kappa shape index (κ2) is 11.5. The maximum atomic E-state index is 14.4. The molecule has 0 spiro atoms. The lowest BCUT2D eigenvalue weighted by Gasteiger charge is -2.46. The summed E-state index contributed by atoms with van der Waals surface area (Å²) in [7, 11) is 0. The molecule has 3 atom stereocenters. The molecule has 4 aromatic carbocycles. The molecule has 6 rings (SSSR count). The van der Waals surface area contributed by atoms with Crippen molar-refractivity contribution >= 4 is 41.0 Å². The van der Waals surface area contributed by atoms with E-state index < -0.39 is 29.3 Å². The first-order valence-electron chi connectivity index (χ1n) is 13.5. The van der Waals surface area contributed by atoms with Crippen LogP contribution in [0.4, 0.5) is 16.2 Å². The van der Waals surface area contributed by atoms with Crippen LogP contribution >= 0.6 is 11.8 Å². The van der Waals surface area contributed by atoms with Gasteiger partial charge in [0.2, 0.25) is 5.91 Å². The Morgan fingerprint density at radius 2 is 1.20 bits per heavy atom. The smallest absolute Gasteiger partial charge is 0.330 e. The third-order valence-electron chi connectivity index (χ3n) is 7.63. The highest BCUT2D eigenvalue weighted by Crippen LogP contribution is 2.42. The van der Waals surface area contributed by atoms with Crippen molar-refractivity contribution in [3.8, 4) is 0 Å². The van der Waals surface area contributed by atoms with E-state index in [0.29, 0.717) is 17.1 Å². The summed E-state index contributed by atoms with van der Waals surface area (Å²) in [6, 6.07) is 35.6. The number of carboxylic acids is 1. The molecule has 0 unspecified atom stereocenters. The van der Waals surface area contributed by atoms with E-state index in [0.717, 1.165) is 11.1 Å². The number of para-hydroxylation sites is 2. The van der Waals surface area contributed by atoms with Gasteiger partial charge in [0.05, 0.1) is 23.3 Å². The minimum Gasteiger partial charge on any atom is -0.480 e. The Kier molecular flexibility index (Phi) is 7.48. The van der Waals surface area contributed by atoms with Gasteiger partial charge >= 0.3 is 12.0 Å². The maximum Gasteiger partial charge on any atom is 0.330 e. The number of hydrogen-bond acceptors (Lipinski definition) is 4. The van der Waals surface area contributed by atoms with Gasteiger partial charge in [0.25, 0.3) is 0 Å². The number of carboxylic acid groups (broad SMARTS) is 1. The summed E-state index contributed by atoms with van der Waals surface area (Å²) < 4.78 is 0. The maximum absolute atomic E-state index is 14.4. The van der Waals surface area contributed by atoms with Crippen molar-refractivity contribution in [2.24, 2.45) is 0 Å². The minimum absolute atomic E-state index is 0.123. The predicted octanol–water partition coefficient (Wildman–Crippen LogP) is 5.82. The first-order chi connectivity index (χ1) is 20.0. The molecule has 206 valence electrons. The van der Waals surface area contributed by atoms with Crippen LogP contribution in [0.25, 0.3) is 0 Å². The summed E-state index contributed by atoms with van der Waals surface area (Å²) in [5, 5.41) is 9.79. The summed E-state index contributed by atoms with van der Waals surface area (Å²) in [6.45, 7) is 0.123. The molecular formula is C33H29N3O4S. The fourth-order valence-corrected chi connectivity index (χ4v) is 7.35. The highest BCUT2D eigenvalue weighted by atomic mass is 32.2. The minimum atomic E-state index is -1.21. The van der Waals surface area contributed by atoms with E-state index in [4.69, 9.17) is 0 Å². The fourth-order valence-electron chi connectivity index (χ4n) is 5.78. The first kappa shape index (κ1) is 26.7. The SMILES string of the molecule is O=C(O)[C@@H]1[C@H]2SC[C@@H](CN1C(=O)N(c1ccccc1)c1ccccc1)N2C(=O)C(c1ccccc1)c1ccccc1. The molecule has 41 heavy (non-hydrogen) atoms. The van der Waals surface area contributed by atoms with Crippen molar-refractivity contribution in [1.29, 1.82) is 0 Å². The predicted molar refractivity (Wildman–Crippen MR) is 160 cm³/mol. The van der Waals surface area contributed by atoms with E-state index in [1.807, 2.05) is 121 Å². The summed E-state index contributed by atoms with van der Waals surface area (Å²) in [4.78, 5) is 46.2. The number of thioether (sulfide) groups is 1. The number of nitrogens with zero attached hydrogens (tertiary/aromatic N) is 3. The molecule has 0 aliphatic carbocycles. The third-order valence-corrected chi connectivity index (χ3v) is 9.03. The van der Waals surface area contributed by atoms with Gasteiger partial charge in [-0.15, -0.1) is 11.8 Å². The number of fused-ring (bicyclic) bond motifs is 2. The number of amides is 3. The highest BCUT2D eigenvalue weighted by Gasteiger charge is 2.55. The Morgan fingerprint density at radius 1 is 0.732 bits per heavy atom. The van der Waals surface area contributed by atoms with Gasteiger partial charge in [0.1, 0.15) is 5.37 Å². The molecule has 0 aromatic heterocycles. The second-order valence-electron chi connectivity index (χ2n) is 10.1. The number of urea groups is 1. The van der Waals surface area contributed by atoms with Crippen LogP contribution in [0.5, 0.6) is 0 Å². The molecule has 0 saturated carbocycles. The summed E-state index contributed by atoms with van der Waals surface area (Å²) in [5.74, 6) is -1.31. The number of anilines is 2. The zero-order valence-electron chi connectivity index (χ0n) is 22.2. The van der Waals surface area contributed by atoms with Gasteiger partial charge in [-0.3, -0.25) is 9.69 Å². The number of aliphatic carboxylic acids is 1. The Morgan fingerprint density at radius 3 is 1.66 bits per heavy atom. The molecule has 2 bridgehead atoms. The van der Waals surface area contributed by atoms with Gasteiger partial charge in [-0.25, -0.2) is 9.59 Å². The number of carbonyl (C=O) groups excluding carboxylic acids is 2. The van der Waals surface area contributed by atoms with Gasteiger partial charge in [-0.1, -0.05) is 97.1 Å². The molecule has 2 aliphatic heterocycles. The average molecular weight is 564 g/mol. The Labute approximate surface area is 243 Å². The molecule has 8 heteroatoms. The summed E-state index contributed by atoms with van der Waals surface area (Å²) >= 11 is 1.43. The van der Waals surface area contributed by atoms with E-state index in [2.05, 4.69) is 0 Å². The topological polar surface area (TPSA) is 81.2 Å². The van der Waals surface area contributed by atoms with E-state index in [1.165, 1.54) is 16.7 Å². The molecule has 2 saturated heterocycles. The monoisotopic (exact) mass is 563 g/mol. The number of piperazine rings is 1. The van der Waals surface area contributed by atoms with E-state index >= 15 is 0 Å². The molecule has 2 fully saturated rings. The van der Waals surface area contributed by atoms with Crippen molar-refractivity contribution in [3.63, 3.8) is 0 Å². The van der Waals surface area contributed by atoms with E-state index in [-0.39, 0.29) is 18.5 Å². The number of benzene rings is 4. The van der Waals surface area contributed by atoms with E-state index in [1.54, 1.807) is 9.80 Å². The molecule has 7 nitrogen and oxygen atoms in total. The van der Waals surface area contributed by atoms with Crippen LogP contribution < -0.4 is 4.90 Å². The number of rotatable bonds is 6. The van der Waals surface area contributed by atoms with Crippen molar-refractivity contribution in [3.05, 3.63) is 132 Å². The summed E-state index contributed by atoms with van der Waals surface area (Å²) in [5.41, 5.74) is 2.97. The normalized spacial score (nSPS) is 19.7. The van der Waals surface area contributed by atoms with E-state index in [9.17, 15) is 19.5 Å². The van der Waals surface area contributed by atoms with Crippen molar-refractivity contribution < 1.29 is 19.5 Å². The fraction of sp³-hybridized carbons (Fsp3) is 0.182. The quantitative estimate of drug-likeness (QED) is 0.320. The Bertz CT molecular complexity index is 1440. The standard InChI is InChI=1S/C33H29N3O4S/c37-30(28(23-13-5-1-6-14-23)24-15-7-2-8-16-24)36-27-21-34(29(32(38)39)31(36)41-22-27)33(40)35(25-17-9-3-10-18-25)26-19-11-4-12-20-26/h1-20,27-29,31H,21-22H2,(H,38,39)/t27-,29+,31-/m1/s1. The van der Waals surface area contributed by atoms with Gasteiger partial charge in [0, 0.05) is 12.3 Å². The zero-order valence-corrected chi connectivity index (χ0v) is 23.0. The molecule has 1 N–H and O–H groups in total. The van der Waals surface area contributed by atoms with Crippen LogP contribution in [0.1, 0.15) is 17.0 Å². The van der Waals surface area contributed by atoms with Gasteiger partial charge in [-0.2, -0.15) is 0 Å². The molecule has 4 aromatic rings. The van der Waals surface area contributed by atoms with Gasteiger partial charge < -0.3 is 14.9 Å². The van der Waals surface area contributed by atoms with Crippen LogP contribution in [-0.4, -0.2) is 62.6 Å². The summed E-state index contributed by atoms with van der Waals surface area (Å²) in [6.07, 6.45) is 0. The van der Waals surface area contributed by atoms with Gasteiger partial charge in [0.15, 0.2) is 6.04 Å². The number of carbonyl (C=O) groups is 3. The third kappa shape index (κ3) is 5.07. The second-order valence-corrected chi connectivity index (χ2v) is 11.3. The molecule has 0 radical (unpaired) electrons. The van der Waals surface area contributed by atoms with Crippen molar-refractivity contribution in [1.82, 2.24) is 9.80 Å². The zero-order chi connectivity index (χ0) is 28.3. The highest BCUT2D eigenvalue weighted by molar-refractivity contribution is 8.00. The van der Waals surface area contributed by atoms with Crippen LogP contribution in [0.3, 0.4) is 0 Å². The lowest BCUT2D eigenvalue weighted by Crippen LogP contribution is -2.66. The lowest BCUT2D eigenvalue weighted by molar-refractivity contribution is -0.149. The Hall–Kier alpha value is -4.56. The largest absolute Gasteiger partial charge is 0.480 e. The van der Waals surface area contributed by atoms with Crippen LogP contribution in [0.2, 0.25) is 0 Å². The van der Waals surface area contributed by atoms with Crippen LogP contribution in [0.15, 0.2) is 121 Å². The van der Waals surface area contributed by atoms with Gasteiger partial charge in [-0.05, 0) is 35.4 Å². The molecule has 3 amide bonds. The lowest BCUT2D eigenvalue weighted by atomic mass is 9.89. The average Bonchev–Trinajstić information content (AvgIpc) is 3.31. The Balaban J connectivity index is 1.36. The van der Waals surface area contributed by atoms with Crippen molar-refractivity contribution in [2.75, 3.05) is 17.2 Å². The number of hydrogen-bond donors (Lipinski definition) is 1. The first-order valence-corrected chi connectivity index (χ1v) is 14.6. The molecular weight excluding hydrogens is 534 g/mol. The molecule has 2 heterocycles. The molecule has 2 aliphatic rings. The van der Waals surface area contributed by atoms with Crippen molar-refractivity contribution in [2.45, 2.75) is 23.4 Å². The van der Waals surface area contributed by atoms with Crippen LogP contribution in [-0.2, 0) is 9.59 Å². The van der Waals surface area contributed by atoms with Crippen LogP contribution in [0, 0.1) is 0 Å².